The van der Waals surface area contributed by atoms with E-state index in [2.05, 4.69) is 29.4 Å². The summed E-state index contributed by atoms with van der Waals surface area (Å²) in [6.07, 6.45) is 3.15. The van der Waals surface area contributed by atoms with Gasteiger partial charge >= 0.3 is 0 Å². The molecule has 0 unspecified atom stereocenters. The summed E-state index contributed by atoms with van der Waals surface area (Å²) in [6, 6.07) is 5.43. The van der Waals surface area contributed by atoms with Gasteiger partial charge in [-0.1, -0.05) is 43.0 Å². The molecule has 0 spiro atoms. The number of carbonyl (C=O) groups excluding carboxylic acids is 1. The van der Waals surface area contributed by atoms with Crippen molar-refractivity contribution in [3.8, 4) is 11.5 Å². The summed E-state index contributed by atoms with van der Waals surface area (Å²) < 4.78 is 11.3. The van der Waals surface area contributed by atoms with E-state index in [4.69, 9.17) is 9.47 Å². The molecule has 0 saturated heterocycles. The number of carbonyl (C=O) groups is 1. The number of amides is 1. The van der Waals surface area contributed by atoms with Gasteiger partial charge in [0, 0.05) is 11.8 Å². The summed E-state index contributed by atoms with van der Waals surface area (Å²) in [7, 11) is 3.15. The zero-order chi connectivity index (χ0) is 18.2. The zero-order valence-corrected chi connectivity index (χ0v) is 16.2. The van der Waals surface area contributed by atoms with Crippen LogP contribution in [-0.2, 0) is 4.79 Å². The second-order valence-corrected chi connectivity index (χ2v) is 7.76. The number of hydrogen-bond acceptors (Lipinski definition) is 7. The first-order valence-electron chi connectivity index (χ1n) is 7.69. The number of nitrogens with zero attached hydrogens (tertiary/aromatic N) is 2. The van der Waals surface area contributed by atoms with E-state index in [-0.39, 0.29) is 5.91 Å². The lowest BCUT2D eigenvalue weighted by atomic mass is 10.2. The van der Waals surface area contributed by atoms with E-state index in [0.29, 0.717) is 22.5 Å². The van der Waals surface area contributed by atoms with Crippen molar-refractivity contribution >= 4 is 40.2 Å². The van der Waals surface area contributed by atoms with Crippen LogP contribution in [0.5, 0.6) is 11.5 Å². The quantitative estimate of drug-likeness (QED) is 0.425. The summed E-state index contributed by atoms with van der Waals surface area (Å²) in [5.74, 6) is 2.55. The number of thioether (sulfide) groups is 1. The normalized spacial score (nSPS) is 11.1. The van der Waals surface area contributed by atoms with Crippen LogP contribution >= 0.6 is 23.1 Å². The highest BCUT2D eigenvalue weighted by molar-refractivity contribution is 8.01. The molecule has 1 aromatic carbocycles. The summed E-state index contributed by atoms with van der Waals surface area (Å²) in [5.41, 5.74) is 0.832. The summed E-state index contributed by atoms with van der Waals surface area (Å²) in [6.45, 7) is 4.30. The maximum absolute atomic E-state index is 12.0. The van der Waals surface area contributed by atoms with Crippen molar-refractivity contribution < 1.29 is 14.3 Å². The van der Waals surface area contributed by atoms with Gasteiger partial charge in [-0.2, -0.15) is 0 Å². The van der Waals surface area contributed by atoms with Crippen LogP contribution in [0.1, 0.15) is 19.4 Å². The van der Waals surface area contributed by atoms with Crippen molar-refractivity contribution in [2.24, 2.45) is 5.92 Å². The molecule has 0 radical (unpaired) electrons. The smallest absolute Gasteiger partial charge is 0.250 e. The number of benzene rings is 1. The van der Waals surface area contributed by atoms with Gasteiger partial charge in [0.2, 0.25) is 11.0 Å². The van der Waals surface area contributed by atoms with Gasteiger partial charge in [0.05, 0.1) is 14.2 Å². The van der Waals surface area contributed by atoms with E-state index in [9.17, 15) is 4.79 Å². The first-order valence-corrected chi connectivity index (χ1v) is 9.49. The van der Waals surface area contributed by atoms with Crippen molar-refractivity contribution in [2.75, 3.05) is 25.3 Å². The third-order valence-electron chi connectivity index (χ3n) is 3.01. The second-order valence-electron chi connectivity index (χ2n) is 5.51. The third-order valence-corrected chi connectivity index (χ3v) is 5.41. The molecular formula is C17H21N3O3S2. The minimum Gasteiger partial charge on any atom is -0.493 e. The highest BCUT2D eigenvalue weighted by atomic mass is 32.2. The Balaban J connectivity index is 1.94. The molecule has 0 aliphatic rings. The van der Waals surface area contributed by atoms with E-state index < -0.39 is 0 Å². The maximum atomic E-state index is 12.0. The fourth-order valence-electron chi connectivity index (χ4n) is 1.83. The fraction of sp³-hybridized carbons (Fsp3) is 0.353. The van der Waals surface area contributed by atoms with Gasteiger partial charge in [0.1, 0.15) is 0 Å². The molecule has 0 aliphatic heterocycles. The largest absolute Gasteiger partial charge is 0.493 e. The van der Waals surface area contributed by atoms with Crippen LogP contribution in [0.2, 0.25) is 0 Å². The predicted molar refractivity (Wildman–Crippen MR) is 103 cm³/mol. The Hall–Kier alpha value is -2.06. The molecule has 8 heteroatoms. The van der Waals surface area contributed by atoms with Gasteiger partial charge in [-0.15, -0.1) is 10.2 Å². The molecule has 6 nitrogen and oxygen atoms in total. The Bertz CT molecular complexity index is 744. The van der Waals surface area contributed by atoms with Gasteiger partial charge in [-0.3, -0.25) is 10.1 Å². The molecule has 0 bridgehead atoms. The van der Waals surface area contributed by atoms with E-state index in [0.717, 1.165) is 15.7 Å². The van der Waals surface area contributed by atoms with Crippen LogP contribution in [-0.4, -0.2) is 36.1 Å². The lowest BCUT2D eigenvalue weighted by Gasteiger charge is -2.07. The standard InChI is InChI=1S/C17H21N3O3S2/c1-11(2)10-24-17-20-19-16(25-17)18-15(21)8-6-12-5-7-13(22-3)14(9-12)23-4/h5-9,11H,10H2,1-4H3,(H,18,19,21)/b8-6+. The molecule has 25 heavy (non-hydrogen) atoms. The fourth-order valence-corrected chi connectivity index (χ4v) is 3.56. The molecule has 1 amide bonds. The van der Waals surface area contributed by atoms with Crippen molar-refractivity contribution in [3.63, 3.8) is 0 Å². The molecular weight excluding hydrogens is 358 g/mol. The highest BCUT2D eigenvalue weighted by Crippen LogP contribution is 2.28. The van der Waals surface area contributed by atoms with E-state index >= 15 is 0 Å². The third kappa shape index (κ3) is 6.06. The van der Waals surface area contributed by atoms with Crippen LogP contribution < -0.4 is 14.8 Å². The predicted octanol–water partition coefficient (Wildman–Crippen LogP) is 3.96. The van der Waals surface area contributed by atoms with Crippen LogP contribution in [0, 0.1) is 5.92 Å². The monoisotopic (exact) mass is 379 g/mol. The molecule has 0 aliphatic carbocycles. The Morgan fingerprint density at radius 2 is 2.04 bits per heavy atom. The van der Waals surface area contributed by atoms with Crippen LogP contribution in [0.15, 0.2) is 28.6 Å². The maximum Gasteiger partial charge on any atom is 0.250 e. The second kappa shape index (κ2) is 9.43. The molecule has 1 N–H and O–H groups in total. The number of nitrogens with one attached hydrogen (secondary N) is 1. The summed E-state index contributed by atoms with van der Waals surface area (Å²) in [4.78, 5) is 12.0. The summed E-state index contributed by atoms with van der Waals surface area (Å²) in [5, 5.41) is 11.3. The van der Waals surface area contributed by atoms with Crippen LogP contribution in [0.3, 0.4) is 0 Å². The molecule has 0 atom stereocenters. The van der Waals surface area contributed by atoms with Crippen molar-refractivity contribution in [1.82, 2.24) is 10.2 Å². The first kappa shape index (κ1) is 19.3. The van der Waals surface area contributed by atoms with E-state index in [1.54, 1.807) is 44.2 Å². The Morgan fingerprint density at radius 3 is 2.72 bits per heavy atom. The topological polar surface area (TPSA) is 73.3 Å². The van der Waals surface area contributed by atoms with Gasteiger partial charge in [0.25, 0.3) is 0 Å². The van der Waals surface area contributed by atoms with E-state index in [1.165, 1.54) is 17.4 Å². The lowest BCUT2D eigenvalue weighted by Crippen LogP contribution is -2.07. The number of anilines is 1. The Labute approximate surface area is 155 Å². The molecule has 0 saturated carbocycles. The number of methoxy groups -OCH3 is 2. The minimum atomic E-state index is -0.258. The van der Waals surface area contributed by atoms with E-state index in [1.807, 2.05) is 6.07 Å². The average Bonchev–Trinajstić information content (AvgIpc) is 3.05. The van der Waals surface area contributed by atoms with Gasteiger partial charge in [-0.25, -0.2) is 0 Å². The van der Waals surface area contributed by atoms with Gasteiger partial charge in [-0.05, 0) is 29.7 Å². The minimum absolute atomic E-state index is 0.258. The van der Waals surface area contributed by atoms with Crippen LogP contribution in [0.25, 0.3) is 6.08 Å². The number of ether oxygens (including phenoxy) is 2. The molecule has 134 valence electrons. The number of rotatable bonds is 8. The molecule has 2 aromatic rings. The average molecular weight is 380 g/mol. The summed E-state index contributed by atoms with van der Waals surface area (Å²) >= 11 is 3.02. The number of aromatic nitrogens is 2. The molecule has 1 aromatic heterocycles. The first-order chi connectivity index (χ1) is 12.0. The molecule has 0 fully saturated rings. The van der Waals surface area contributed by atoms with Gasteiger partial charge in [0.15, 0.2) is 15.8 Å². The SMILES string of the molecule is COc1ccc(/C=C/C(=O)Nc2nnc(SCC(C)C)s2)cc1OC. The Kier molecular flexibility index (Phi) is 7.27. The van der Waals surface area contributed by atoms with Crippen molar-refractivity contribution in [1.29, 1.82) is 0 Å². The molecule has 2 rings (SSSR count). The van der Waals surface area contributed by atoms with Crippen LogP contribution in [0.4, 0.5) is 5.13 Å². The highest BCUT2D eigenvalue weighted by Gasteiger charge is 2.08. The zero-order valence-electron chi connectivity index (χ0n) is 14.6. The lowest BCUT2D eigenvalue weighted by molar-refractivity contribution is -0.111. The number of hydrogen-bond donors (Lipinski definition) is 1. The van der Waals surface area contributed by atoms with Gasteiger partial charge < -0.3 is 9.47 Å². The molecule has 1 heterocycles. The van der Waals surface area contributed by atoms with Crippen molar-refractivity contribution in [3.05, 3.63) is 29.8 Å². The Morgan fingerprint density at radius 1 is 1.28 bits per heavy atom. The van der Waals surface area contributed by atoms with Crippen molar-refractivity contribution in [2.45, 2.75) is 18.2 Å².